The van der Waals surface area contributed by atoms with Crippen LogP contribution >= 0.6 is 0 Å². The van der Waals surface area contributed by atoms with Gasteiger partial charge in [-0.3, -0.25) is 4.90 Å². The number of halogens is 1. The monoisotopic (exact) mass is 420 g/mol. The molecule has 1 N–H and O–H groups in total. The summed E-state index contributed by atoms with van der Waals surface area (Å²) >= 11 is 0. The molecule has 1 heterocycles. The third-order valence-electron chi connectivity index (χ3n) is 6.43. The van der Waals surface area contributed by atoms with E-state index in [9.17, 15) is 9.50 Å². The van der Waals surface area contributed by atoms with Crippen molar-refractivity contribution < 1.29 is 9.50 Å². The van der Waals surface area contributed by atoms with Crippen molar-refractivity contribution in [1.29, 1.82) is 0 Å². The SMILES string of the molecule is OC(CN(Cc1cccn1Cc1ccc(F)cc1)CC1CCCCC1)c1ccccc1. The molecule has 4 heteroatoms. The topological polar surface area (TPSA) is 28.4 Å². The summed E-state index contributed by atoms with van der Waals surface area (Å²) < 4.78 is 15.5. The van der Waals surface area contributed by atoms with E-state index < -0.39 is 6.10 Å². The minimum absolute atomic E-state index is 0.204. The summed E-state index contributed by atoms with van der Waals surface area (Å²) in [5.74, 6) is 0.502. The van der Waals surface area contributed by atoms with Gasteiger partial charge in [-0.1, -0.05) is 61.7 Å². The molecule has 1 fully saturated rings. The molecule has 0 radical (unpaired) electrons. The van der Waals surface area contributed by atoms with E-state index in [1.807, 2.05) is 42.5 Å². The lowest BCUT2D eigenvalue weighted by Gasteiger charge is -2.31. The highest BCUT2D eigenvalue weighted by molar-refractivity contribution is 5.19. The van der Waals surface area contributed by atoms with Crippen LogP contribution in [0.4, 0.5) is 4.39 Å². The van der Waals surface area contributed by atoms with Gasteiger partial charge in [0.05, 0.1) is 6.10 Å². The summed E-state index contributed by atoms with van der Waals surface area (Å²) in [5, 5.41) is 10.9. The van der Waals surface area contributed by atoms with Gasteiger partial charge in [-0.05, 0) is 54.2 Å². The van der Waals surface area contributed by atoms with Gasteiger partial charge in [0.15, 0.2) is 0 Å². The zero-order valence-corrected chi connectivity index (χ0v) is 18.2. The largest absolute Gasteiger partial charge is 0.387 e. The maximum atomic E-state index is 13.3. The number of aliphatic hydroxyl groups excluding tert-OH is 1. The average molecular weight is 421 g/mol. The fourth-order valence-corrected chi connectivity index (χ4v) is 4.73. The van der Waals surface area contributed by atoms with E-state index in [1.165, 1.54) is 49.9 Å². The van der Waals surface area contributed by atoms with Crippen LogP contribution in [0, 0.1) is 11.7 Å². The van der Waals surface area contributed by atoms with Gasteiger partial charge in [-0.25, -0.2) is 4.39 Å². The summed E-state index contributed by atoms with van der Waals surface area (Å²) in [4.78, 5) is 2.42. The summed E-state index contributed by atoms with van der Waals surface area (Å²) in [6.45, 7) is 3.17. The van der Waals surface area contributed by atoms with Crippen molar-refractivity contribution in [1.82, 2.24) is 9.47 Å². The van der Waals surface area contributed by atoms with E-state index >= 15 is 0 Å². The van der Waals surface area contributed by atoms with E-state index in [0.717, 1.165) is 30.8 Å². The second kappa shape index (κ2) is 10.7. The zero-order chi connectivity index (χ0) is 21.5. The molecule has 0 saturated heterocycles. The molecule has 31 heavy (non-hydrogen) atoms. The van der Waals surface area contributed by atoms with Crippen molar-refractivity contribution in [2.45, 2.75) is 51.3 Å². The van der Waals surface area contributed by atoms with Crippen molar-refractivity contribution in [3.8, 4) is 0 Å². The molecule has 1 aliphatic carbocycles. The minimum Gasteiger partial charge on any atom is -0.387 e. The molecule has 0 aliphatic heterocycles. The normalized spacial score (nSPS) is 16.0. The lowest BCUT2D eigenvalue weighted by atomic mass is 9.89. The Balaban J connectivity index is 1.47. The molecule has 1 unspecified atom stereocenters. The number of nitrogens with zero attached hydrogens (tertiary/aromatic N) is 2. The minimum atomic E-state index is -0.495. The Morgan fingerprint density at radius 3 is 2.42 bits per heavy atom. The van der Waals surface area contributed by atoms with Gasteiger partial charge in [0.1, 0.15) is 5.82 Å². The summed E-state index contributed by atoms with van der Waals surface area (Å²) in [6, 6.07) is 20.9. The van der Waals surface area contributed by atoms with E-state index in [0.29, 0.717) is 12.5 Å². The highest BCUT2D eigenvalue weighted by atomic mass is 19.1. The zero-order valence-electron chi connectivity index (χ0n) is 18.2. The van der Waals surface area contributed by atoms with Crippen LogP contribution in [0.15, 0.2) is 72.9 Å². The average Bonchev–Trinajstić information content (AvgIpc) is 3.23. The first-order valence-electron chi connectivity index (χ1n) is 11.5. The fraction of sp³-hybridized carbons (Fsp3) is 0.407. The molecule has 0 spiro atoms. The van der Waals surface area contributed by atoms with Crippen molar-refractivity contribution in [3.63, 3.8) is 0 Å². The Kier molecular flexibility index (Phi) is 7.55. The van der Waals surface area contributed by atoms with Crippen LogP contribution in [0.5, 0.6) is 0 Å². The predicted octanol–water partition coefficient (Wildman–Crippen LogP) is 5.79. The van der Waals surface area contributed by atoms with Crippen LogP contribution in [-0.4, -0.2) is 27.7 Å². The van der Waals surface area contributed by atoms with Gasteiger partial charge < -0.3 is 9.67 Å². The Bertz CT molecular complexity index is 916. The first kappa shape index (κ1) is 21.8. The molecular formula is C27H33FN2O. The van der Waals surface area contributed by atoms with E-state index in [4.69, 9.17) is 0 Å². The second-order valence-corrected chi connectivity index (χ2v) is 8.88. The lowest BCUT2D eigenvalue weighted by molar-refractivity contribution is 0.0915. The van der Waals surface area contributed by atoms with Crippen LogP contribution < -0.4 is 0 Å². The first-order chi connectivity index (χ1) is 15.2. The molecular weight excluding hydrogens is 387 g/mol. The molecule has 2 aromatic carbocycles. The lowest BCUT2D eigenvalue weighted by Crippen LogP contribution is -2.34. The van der Waals surface area contributed by atoms with Gasteiger partial charge >= 0.3 is 0 Å². The van der Waals surface area contributed by atoms with Gasteiger partial charge in [0, 0.05) is 38.1 Å². The third-order valence-corrected chi connectivity index (χ3v) is 6.43. The molecule has 1 aromatic heterocycles. The Hall–Kier alpha value is -2.43. The molecule has 3 aromatic rings. The van der Waals surface area contributed by atoms with Crippen LogP contribution in [0.1, 0.15) is 55.0 Å². The van der Waals surface area contributed by atoms with E-state index in [2.05, 4.69) is 27.8 Å². The van der Waals surface area contributed by atoms with E-state index in [1.54, 1.807) is 0 Å². The molecule has 1 aliphatic rings. The molecule has 0 bridgehead atoms. The fourth-order valence-electron chi connectivity index (χ4n) is 4.73. The first-order valence-corrected chi connectivity index (χ1v) is 11.5. The Morgan fingerprint density at radius 2 is 1.68 bits per heavy atom. The highest BCUT2D eigenvalue weighted by Gasteiger charge is 2.21. The van der Waals surface area contributed by atoms with Crippen molar-refractivity contribution in [3.05, 3.63) is 95.6 Å². The van der Waals surface area contributed by atoms with Crippen LogP contribution in [-0.2, 0) is 13.1 Å². The number of hydrogen-bond acceptors (Lipinski definition) is 2. The highest BCUT2D eigenvalue weighted by Crippen LogP contribution is 2.26. The van der Waals surface area contributed by atoms with Crippen LogP contribution in [0.2, 0.25) is 0 Å². The van der Waals surface area contributed by atoms with Gasteiger partial charge in [-0.2, -0.15) is 0 Å². The summed E-state index contributed by atoms with van der Waals surface area (Å²) in [5.41, 5.74) is 3.28. The predicted molar refractivity (Wildman–Crippen MR) is 123 cm³/mol. The quantitative estimate of drug-likeness (QED) is 0.474. The van der Waals surface area contributed by atoms with Crippen molar-refractivity contribution >= 4 is 0 Å². The second-order valence-electron chi connectivity index (χ2n) is 8.88. The van der Waals surface area contributed by atoms with Gasteiger partial charge in [0.25, 0.3) is 0 Å². The van der Waals surface area contributed by atoms with Crippen molar-refractivity contribution in [2.75, 3.05) is 13.1 Å². The summed E-state index contributed by atoms with van der Waals surface area (Å²) in [6.07, 6.45) is 8.16. The number of aliphatic hydroxyl groups is 1. The van der Waals surface area contributed by atoms with Crippen LogP contribution in [0.3, 0.4) is 0 Å². The Morgan fingerprint density at radius 1 is 0.935 bits per heavy atom. The smallest absolute Gasteiger partial charge is 0.123 e. The van der Waals surface area contributed by atoms with Crippen molar-refractivity contribution in [2.24, 2.45) is 5.92 Å². The molecule has 0 amide bonds. The molecule has 1 atom stereocenters. The summed E-state index contributed by atoms with van der Waals surface area (Å²) in [7, 11) is 0. The molecule has 1 saturated carbocycles. The molecule has 164 valence electrons. The number of aromatic nitrogens is 1. The maximum absolute atomic E-state index is 13.3. The van der Waals surface area contributed by atoms with Gasteiger partial charge in [0.2, 0.25) is 0 Å². The molecule has 4 rings (SSSR count). The van der Waals surface area contributed by atoms with Gasteiger partial charge in [-0.15, -0.1) is 0 Å². The van der Waals surface area contributed by atoms with Crippen LogP contribution in [0.25, 0.3) is 0 Å². The van der Waals surface area contributed by atoms with E-state index in [-0.39, 0.29) is 5.82 Å². The standard InChI is InChI=1S/C27H33FN2O/c28-25-15-13-23(14-16-25)19-30-17-7-12-26(30)20-29(18-22-8-3-1-4-9-22)21-27(31)24-10-5-2-6-11-24/h2,5-7,10-17,22,27,31H,1,3-4,8-9,18-21H2. The maximum Gasteiger partial charge on any atom is 0.123 e. The Labute approximate surface area is 185 Å². The molecule has 3 nitrogen and oxygen atoms in total. The number of hydrogen-bond donors (Lipinski definition) is 1. The number of benzene rings is 2. The third kappa shape index (κ3) is 6.28. The number of rotatable bonds is 9.